The first kappa shape index (κ1) is 10.6. The summed E-state index contributed by atoms with van der Waals surface area (Å²) < 4.78 is 1.86. The second-order valence-corrected chi connectivity index (χ2v) is 4.33. The fourth-order valence-electron chi connectivity index (χ4n) is 2.07. The third-order valence-corrected chi connectivity index (χ3v) is 3.13. The molecule has 2 atom stereocenters. The second-order valence-electron chi connectivity index (χ2n) is 4.33. The van der Waals surface area contributed by atoms with Crippen LogP contribution in [0.2, 0.25) is 0 Å². The van der Waals surface area contributed by atoms with Crippen molar-refractivity contribution in [1.29, 1.82) is 0 Å². The molecule has 1 N–H and O–H groups in total. The molecule has 84 valence electrons. The van der Waals surface area contributed by atoms with E-state index in [4.69, 9.17) is 0 Å². The minimum atomic E-state index is 0.633. The quantitative estimate of drug-likeness (QED) is 0.756. The number of nitrogens with one attached hydrogen (secondary N) is 1. The van der Waals surface area contributed by atoms with Crippen LogP contribution >= 0.6 is 0 Å². The molecule has 1 aromatic heterocycles. The van der Waals surface area contributed by atoms with E-state index < -0.39 is 0 Å². The van der Waals surface area contributed by atoms with E-state index in [0.29, 0.717) is 12.1 Å². The molecule has 1 aliphatic rings. The second kappa shape index (κ2) is 4.72. The lowest BCUT2D eigenvalue weighted by Gasteiger charge is -2.13. The van der Waals surface area contributed by atoms with Crippen LogP contribution in [-0.2, 0) is 6.54 Å². The smallest absolute Gasteiger partial charge is 0.137 e. The Hall–Kier alpha value is -0.940. The number of rotatable bonds is 4. The molecule has 5 heteroatoms. The Kier molecular flexibility index (Phi) is 3.33. The number of hydrogen-bond donors (Lipinski definition) is 1. The highest BCUT2D eigenvalue weighted by molar-refractivity contribution is 4.84. The van der Waals surface area contributed by atoms with Crippen LogP contribution in [0.15, 0.2) is 12.7 Å². The summed E-state index contributed by atoms with van der Waals surface area (Å²) in [6.45, 7) is 5.29. The van der Waals surface area contributed by atoms with Crippen LogP contribution in [0, 0.1) is 0 Å². The van der Waals surface area contributed by atoms with E-state index >= 15 is 0 Å². The SMILES string of the molecule is CC1CC(NCCn2cncn2)CN1C. The first-order valence-corrected chi connectivity index (χ1v) is 5.51. The molecule has 1 aliphatic heterocycles. The molecule has 2 rings (SSSR count). The standard InChI is InChI=1S/C10H19N5/c1-9-5-10(6-14(9)2)12-3-4-15-8-11-7-13-15/h7-10,12H,3-6H2,1-2H3. The van der Waals surface area contributed by atoms with Crippen LogP contribution in [0.5, 0.6) is 0 Å². The molecule has 1 saturated heterocycles. The Labute approximate surface area is 90.5 Å². The van der Waals surface area contributed by atoms with Gasteiger partial charge >= 0.3 is 0 Å². The maximum absolute atomic E-state index is 4.07. The molecule has 0 aliphatic carbocycles. The molecule has 0 amide bonds. The molecular formula is C10H19N5. The van der Waals surface area contributed by atoms with Crippen molar-refractivity contribution in [2.75, 3.05) is 20.1 Å². The third kappa shape index (κ3) is 2.76. The largest absolute Gasteiger partial charge is 0.311 e. The molecule has 0 bridgehead atoms. The third-order valence-electron chi connectivity index (χ3n) is 3.13. The van der Waals surface area contributed by atoms with Gasteiger partial charge in [0, 0.05) is 25.2 Å². The van der Waals surface area contributed by atoms with Crippen molar-refractivity contribution in [3.8, 4) is 0 Å². The van der Waals surface area contributed by atoms with Crippen molar-refractivity contribution < 1.29 is 0 Å². The van der Waals surface area contributed by atoms with E-state index in [-0.39, 0.29) is 0 Å². The van der Waals surface area contributed by atoms with Crippen molar-refractivity contribution >= 4 is 0 Å². The maximum atomic E-state index is 4.07. The van der Waals surface area contributed by atoms with Crippen LogP contribution < -0.4 is 5.32 Å². The summed E-state index contributed by atoms with van der Waals surface area (Å²) in [5.41, 5.74) is 0. The van der Waals surface area contributed by atoms with Gasteiger partial charge in [0.15, 0.2) is 0 Å². The average molecular weight is 209 g/mol. The summed E-state index contributed by atoms with van der Waals surface area (Å²) in [6.07, 6.45) is 4.57. The lowest BCUT2D eigenvalue weighted by atomic mass is 10.2. The highest BCUT2D eigenvalue weighted by Gasteiger charge is 2.25. The summed E-state index contributed by atoms with van der Waals surface area (Å²) in [5.74, 6) is 0. The molecule has 15 heavy (non-hydrogen) atoms. The van der Waals surface area contributed by atoms with Gasteiger partial charge in [0.2, 0.25) is 0 Å². The monoisotopic (exact) mass is 209 g/mol. The van der Waals surface area contributed by atoms with Gasteiger partial charge in [-0.15, -0.1) is 0 Å². The van der Waals surface area contributed by atoms with Crippen LogP contribution in [0.25, 0.3) is 0 Å². The van der Waals surface area contributed by atoms with E-state index in [2.05, 4.69) is 34.3 Å². The van der Waals surface area contributed by atoms with Crippen LogP contribution in [-0.4, -0.2) is 51.9 Å². The molecule has 1 fully saturated rings. The highest BCUT2D eigenvalue weighted by atomic mass is 15.3. The summed E-state index contributed by atoms with van der Waals surface area (Å²) >= 11 is 0. The summed E-state index contributed by atoms with van der Waals surface area (Å²) in [4.78, 5) is 6.31. The Balaban J connectivity index is 1.67. The van der Waals surface area contributed by atoms with Gasteiger partial charge in [-0.25, -0.2) is 4.98 Å². The molecule has 2 unspecified atom stereocenters. The predicted molar refractivity (Wildman–Crippen MR) is 58.5 cm³/mol. The van der Waals surface area contributed by atoms with Gasteiger partial charge in [0.25, 0.3) is 0 Å². The van der Waals surface area contributed by atoms with Crippen molar-refractivity contribution in [2.24, 2.45) is 0 Å². The average Bonchev–Trinajstić information content (AvgIpc) is 2.79. The minimum Gasteiger partial charge on any atom is -0.311 e. The van der Waals surface area contributed by atoms with Gasteiger partial charge in [0.05, 0.1) is 6.54 Å². The molecule has 0 aromatic carbocycles. The predicted octanol–water partition coefficient (Wildman–Crippen LogP) is -0.0397. The van der Waals surface area contributed by atoms with E-state index in [1.165, 1.54) is 6.42 Å². The van der Waals surface area contributed by atoms with Gasteiger partial charge in [-0.1, -0.05) is 0 Å². The van der Waals surface area contributed by atoms with Crippen molar-refractivity contribution in [2.45, 2.75) is 32.0 Å². The normalized spacial score (nSPS) is 27.3. The van der Waals surface area contributed by atoms with E-state index in [1.807, 2.05) is 4.68 Å². The fourth-order valence-corrected chi connectivity index (χ4v) is 2.07. The lowest BCUT2D eigenvalue weighted by Crippen LogP contribution is -2.33. The van der Waals surface area contributed by atoms with Crippen molar-refractivity contribution in [1.82, 2.24) is 25.0 Å². The van der Waals surface area contributed by atoms with Gasteiger partial charge in [-0.3, -0.25) is 4.68 Å². The summed E-state index contributed by atoms with van der Waals surface area (Å²) in [5, 5.41) is 7.62. The first-order valence-electron chi connectivity index (χ1n) is 5.51. The lowest BCUT2D eigenvalue weighted by molar-refractivity contribution is 0.326. The Bertz CT molecular complexity index is 274. The van der Waals surface area contributed by atoms with Crippen LogP contribution in [0.3, 0.4) is 0 Å². The number of likely N-dealkylation sites (N-methyl/N-ethyl adjacent to an activating group) is 1. The minimum absolute atomic E-state index is 0.633. The van der Waals surface area contributed by atoms with Gasteiger partial charge in [-0.05, 0) is 20.4 Å². The molecule has 1 aromatic rings. The molecule has 0 spiro atoms. The Morgan fingerprint density at radius 1 is 1.53 bits per heavy atom. The zero-order valence-corrected chi connectivity index (χ0v) is 9.43. The Morgan fingerprint density at radius 2 is 2.40 bits per heavy atom. The van der Waals surface area contributed by atoms with E-state index in [0.717, 1.165) is 19.6 Å². The van der Waals surface area contributed by atoms with Crippen LogP contribution in [0.1, 0.15) is 13.3 Å². The number of aromatic nitrogens is 3. The van der Waals surface area contributed by atoms with E-state index in [1.54, 1.807) is 12.7 Å². The summed E-state index contributed by atoms with van der Waals surface area (Å²) in [6, 6.07) is 1.34. The number of likely N-dealkylation sites (tertiary alicyclic amines) is 1. The van der Waals surface area contributed by atoms with Gasteiger partial charge < -0.3 is 10.2 Å². The Morgan fingerprint density at radius 3 is 3.00 bits per heavy atom. The molecule has 5 nitrogen and oxygen atoms in total. The van der Waals surface area contributed by atoms with Gasteiger partial charge in [-0.2, -0.15) is 5.10 Å². The summed E-state index contributed by atoms with van der Waals surface area (Å²) in [7, 11) is 2.18. The molecule has 2 heterocycles. The van der Waals surface area contributed by atoms with Crippen LogP contribution in [0.4, 0.5) is 0 Å². The molecule has 0 saturated carbocycles. The number of hydrogen-bond acceptors (Lipinski definition) is 4. The van der Waals surface area contributed by atoms with Gasteiger partial charge in [0.1, 0.15) is 12.7 Å². The first-order chi connectivity index (χ1) is 7.25. The topological polar surface area (TPSA) is 46.0 Å². The fraction of sp³-hybridized carbons (Fsp3) is 0.800. The molecular weight excluding hydrogens is 190 g/mol. The van der Waals surface area contributed by atoms with E-state index in [9.17, 15) is 0 Å². The number of nitrogens with zero attached hydrogens (tertiary/aromatic N) is 4. The highest BCUT2D eigenvalue weighted by Crippen LogP contribution is 2.14. The zero-order chi connectivity index (χ0) is 10.7. The maximum Gasteiger partial charge on any atom is 0.137 e. The van der Waals surface area contributed by atoms with Crippen molar-refractivity contribution in [3.63, 3.8) is 0 Å². The zero-order valence-electron chi connectivity index (χ0n) is 9.43. The molecule has 0 radical (unpaired) electrons. The van der Waals surface area contributed by atoms with Crippen molar-refractivity contribution in [3.05, 3.63) is 12.7 Å².